The van der Waals surface area contributed by atoms with E-state index in [0.29, 0.717) is 11.1 Å². The third kappa shape index (κ3) is 3.32. The third-order valence-corrected chi connectivity index (χ3v) is 4.31. The molecule has 0 bridgehead atoms. The molecule has 1 atom stereocenters. The number of phenolic OH excluding ortho intramolecular Hbond substituents is 1. The van der Waals surface area contributed by atoms with Crippen LogP contribution in [0.3, 0.4) is 0 Å². The van der Waals surface area contributed by atoms with Gasteiger partial charge in [0, 0.05) is 12.0 Å². The maximum Gasteiger partial charge on any atom is 0.511 e. The predicted octanol–water partition coefficient (Wildman–Crippen LogP) is 1.83. The molecular formula is C13H13F3N2O3S. The number of phenols is 1. The number of nitrogens with two attached hydrogens (primary N) is 1. The van der Waals surface area contributed by atoms with Gasteiger partial charge in [0.15, 0.2) is 0 Å². The zero-order valence-corrected chi connectivity index (χ0v) is 11.9. The van der Waals surface area contributed by atoms with Crippen molar-refractivity contribution in [1.29, 1.82) is 0 Å². The highest BCUT2D eigenvalue weighted by molar-refractivity contribution is 7.90. The molecule has 0 aliphatic heterocycles. The molecule has 0 radical (unpaired) electrons. The molecule has 22 heavy (non-hydrogen) atoms. The Morgan fingerprint density at radius 1 is 1.27 bits per heavy atom. The summed E-state index contributed by atoms with van der Waals surface area (Å²) in [5, 5.41) is 9.77. The lowest BCUT2D eigenvalue weighted by molar-refractivity contribution is -0.0454. The van der Waals surface area contributed by atoms with Gasteiger partial charge in [-0.05, 0) is 17.7 Å². The summed E-state index contributed by atoms with van der Waals surface area (Å²) in [4.78, 5) is 0. The van der Waals surface area contributed by atoms with E-state index in [2.05, 4.69) is 0 Å². The van der Waals surface area contributed by atoms with E-state index in [1.165, 1.54) is 16.9 Å². The Morgan fingerprint density at radius 3 is 2.50 bits per heavy atom. The third-order valence-electron chi connectivity index (χ3n) is 3.05. The smallest absolute Gasteiger partial charge is 0.507 e. The van der Waals surface area contributed by atoms with Crippen molar-refractivity contribution in [2.75, 3.05) is 0 Å². The van der Waals surface area contributed by atoms with E-state index in [-0.39, 0.29) is 12.2 Å². The van der Waals surface area contributed by atoms with Gasteiger partial charge in [-0.15, -0.1) is 0 Å². The van der Waals surface area contributed by atoms with Crippen molar-refractivity contribution >= 4 is 15.6 Å². The number of hydrogen-bond acceptors (Lipinski definition) is 4. The fourth-order valence-electron chi connectivity index (χ4n) is 2.08. The molecule has 9 heteroatoms. The van der Waals surface area contributed by atoms with Gasteiger partial charge in [0.2, 0.25) is 0 Å². The van der Waals surface area contributed by atoms with Crippen molar-refractivity contribution in [2.24, 2.45) is 5.73 Å². The minimum atomic E-state index is -5.59. The Kier molecular flexibility index (Phi) is 4.07. The Labute approximate surface area is 125 Å². The van der Waals surface area contributed by atoms with Crippen LogP contribution in [0.1, 0.15) is 12.0 Å². The van der Waals surface area contributed by atoms with Crippen LogP contribution in [0.4, 0.5) is 13.2 Å². The maximum atomic E-state index is 12.5. The predicted molar refractivity (Wildman–Crippen MR) is 74.9 cm³/mol. The summed E-state index contributed by atoms with van der Waals surface area (Å²) < 4.78 is 61.3. The minimum absolute atomic E-state index is 0.0786. The minimum Gasteiger partial charge on any atom is -0.507 e. The summed E-state index contributed by atoms with van der Waals surface area (Å²) >= 11 is 0. The summed E-state index contributed by atoms with van der Waals surface area (Å²) in [5.74, 6) is -0.0786. The first kappa shape index (κ1) is 16.5. The standard InChI is InChI=1S/C13H13F3N2O3S/c14-13(15,16)22(20,21)18-12(17)7-3-4-9(8-12)10-5-1-2-6-11(10)19/h1-7,18-19H,8,17H2. The normalized spacial score (nSPS) is 22.5. The molecule has 1 aromatic carbocycles. The van der Waals surface area contributed by atoms with Crippen molar-refractivity contribution < 1.29 is 26.7 Å². The quantitative estimate of drug-likeness (QED) is 0.735. The Balaban J connectivity index is 2.29. The number of para-hydroxylation sites is 1. The van der Waals surface area contributed by atoms with Gasteiger partial charge in [0.25, 0.3) is 0 Å². The first-order valence-corrected chi connectivity index (χ1v) is 7.58. The molecule has 120 valence electrons. The Morgan fingerprint density at radius 2 is 1.91 bits per heavy atom. The van der Waals surface area contributed by atoms with Crippen molar-refractivity contribution in [2.45, 2.75) is 17.6 Å². The Bertz CT molecular complexity index is 741. The van der Waals surface area contributed by atoms with E-state index in [1.54, 1.807) is 24.3 Å². The van der Waals surface area contributed by atoms with Gasteiger partial charge in [-0.25, -0.2) is 8.42 Å². The molecular weight excluding hydrogens is 321 g/mol. The summed E-state index contributed by atoms with van der Waals surface area (Å²) in [6, 6.07) is 6.18. The number of halogens is 3. The summed E-state index contributed by atoms with van der Waals surface area (Å²) in [7, 11) is -5.59. The molecule has 2 rings (SSSR count). The second-order valence-corrected chi connectivity index (χ2v) is 6.51. The largest absolute Gasteiger partial charge is 0.511 e. The van der Waals surface area contributed by atoms with Gasteiger partial charge in [0.1, 0.15) is 11.4 Å². The van der Waals surface area contributed by atoms with Crippen molar-refractivity contribution in [3.8, 4) is 5.75 Å². The van der Waals surface area contributed by atoms with E-state index in [4.69, 9.17) is 5.73 Å². The topological polar surface area (TPSA) is 92.4 Å². The Hall–Kier alpha value is -1.84. The molecule has 0 amide bonds. The van der Waals surface area contributed by atoms with Crippen molar-refractivity contribution in [1.82, 2.24) is 4.72 Å². The van der Waals surface area contributed by atoms with Crippen LogP contribution in [0.2, 0.25) is 0 Å². The number of alkyl halides is 3. The van der Waals surface area contributed by atoms with Gasteiger partial charge in [0.05, 0.1) is 0 Å². The molecule has 0 saturated heterocycles. The van der Waals surface area contributed by atoms with E-state index < -0.39 is 21.2 Å². The first-order chi connectivity index (χ1) is 10.0. The molecule has 0 fully saturated rings. The second kappa shape index (κ2) is 5.41. The highest BCUT2D eigenvalue weighted by atomic mass is 32.2. The summed E-state index contributed by atoms with van der Waals surface area (Å²) in [5.41, 5.74) is -0.886. The summed E-state index contributed by atoms with van der Waals surface area (Å²) in [6.45, 7) is 0. The molecule has 0 spiro atoms. The summed E-state index contributed by atoms with van der Waals surface area (Å²) in [6.07, 6.45) is 3.77. The number of benzene rings is 1. The lowest BCUT2D eigenvalue weighted by atomic mass is 9.90. The average molecular weight is 334 g/mol. The molecule has 1 aliphatic rings. The average Bonchev–Trinajstić information content (AvgIpc) is 2.36. The highest BCUT2D eigenvalue weighted by Crippen LogP contribution is 2.33. The van der Waals surface area contributed by atoms with Crippen molar-refractivity contribution in [3.05, 3.63) is 48.1 Å². The molecule has 0 aromatic heterocycles. The molecule has 1 unspecified atom stereocenters. The van der Waals surface area contributed by atoms with E-state index in [0.717, 1.165) is 6.08 Å². The fraction of sp³-hybridized carbons (Fsp3) is 0.231. The van der Waals surface area contributed by atoms with Gasteiger partial charge in [-0.2, -0.15) is 17.9 Å². The lowest BCUT2D eigenvalue weighted by Gasteiger charge is -2.30. The van der Waals surface area contributed by atoms with Crippen LogP contribution in [0.5, 0.6) is 5.75 Å². The van der Waals surface area contributed by atoms with Gasteiger partial charge >= 0.3 is 15.5 Å². The van der Waals surface area contributed by atoms with Crippen molar-refractivity contribution in [3.63, 3.8) is 0 Å². The van der Waals surface area contributed by atoms with Crippen LogP contribution in [0, 0.1) is 0 Å². The second-order valence-electron chi connectivity index (χ2n) is 4.84. The van der Waals surface area contributed by atoms with Crippen LogP contribution >= 0.6 is 0 Å². The molecule has 5 nitrogen and oxygen atoms in total. The zero-order chi connectivity index (χ0) is 16.6. The van der Waals surface area contributed by atoms with Gasteiger partial charge in [-0.3, -0.25) is 0 Å². The number of allylic oxidation sites excluding steroid dienone is 2. The van der Waals surface area contributed by atoms with Gasteiger partial charge < -0.3 is 10.8 Å². The molecule has 1 aliphatic carbocycles. The van der Waals surface area contributed by atoms with Crippen LogP contribution < -0.4 is 10.5 Å². The highest BCUT2D eigenvalue weighted by Gasteiger charge is 2.49. The number of sulfonamides is 1. The maximum absolute atomic E-state index is 12.5. The number of hydrogen-bond donors (Lipinski definition) is 3. The fourth-order valence-corrected chi connectivity index (χ4v) is 2.83. The van der Waals surface area contributed by atoms with Gasteiger partial charge in [-0.1, -0.05) is 30.4 Å². The monoisotopic (exact) mass is 334 g/mol. The van der Waals surface area contributed by atoms with Crippen LogP contribution in [0.15, 0.2) is 42.5 Å². The molecule has 0 saturated carbocycles. The van der Waals surface area contributed by atoms with E-state index in [9.17, 15) is 26.7 Å². The number of aromatic hydroxyl groups is 1. The van der Waals surface area contributed by atoms with E-state index >= 15 is 0 Å². The van der Waals surface area contributed by atoms with Crippen LogP contribution in [0.25, 0.3) is 5.57 Å². The van der Waals surface area contributed by atoms with Crippen LogP contribution in [-0.2, 0) is 10.0 Å². The molecule has 1 aromatic rings. The number of rotatable bonds is 3. The van der Waals surface area contributed by atoms with Crippen LogP contribution in [-0.4, -0.2) is 24.7 Å². The lowest BCUT2D eigenvalue weighted by Crippen LogP contribution is -2.57. The SMILES string of the molecule is NC1(NS(=O)(=O)C(F)(F)F)C=CC=C(c2ccccc2O)C1. The van der Waals surface area contributed by atoms with E-state index in [1.807, 2.05) is 0 Å². The number of nitrogens with one attached hydrogen (secondary N) is 1. The first-order valence-electron chi connectivity index (χ1n) is 6.10. The zero-order valence-electron chi connectivity index (χ0n) is 11.1. The molecule has 4 N–H and O–H groups in total. The molecule has 0 heterocycles.